The first kappa shape index (κ1) is 16.6. The first-order chi connectivity index (χ1) is 12.1. The number of amides is 1. The number of ether oxygens (including phenoxy) is 2. The molecule has 0 aliphatic heterocycles. The van der Waals surface area contributed by atoms with Crippen molar-refractivity contribution in [2.45, 2.75) is 6.42 Å². The zero-order valence-electron chi connectivity index (χ0n) is 14.0. The van der Waals surface area contributed by atoms with Crippen molar-refractivity contribution in [3.8, 4) is 17.2 Å². The third kappa shape index (κ3) is 3.50. The molecule has 0 spiro atoms. The van der Waals surface area contributed by atoms with Crippen molar-refractivity contribution in [2.75, 3.05) is 20.8 Å². The Hall–Kier alpha value is -3.22. The van der Waals surface area contributed by atoms with Gasteiger partial charge in [-0.1, -0.05) is 6.07 Å². The van der Waals surface area contributed by atoms with Crippen LogP contribution in [0.15, 0.2) is 42.7 Å². The number of nitrogens with one attached hydrogen (secondary N) is 1. The van der Waals surface area contributed by atoms with E-state index in [1.54, 1.807) is 37.1 Å². The lowest BCUT2D eigenvalue weighted by Gasteiger charge is -2.09. The van der Waals surface area contributed by atoms with Crippen LogP contribution >= 0.6 is 0 Å². The van der Waals surface area contributed by atoms with E-state index < -0.39 is 0 Å². The van der Waals surface area contributed by atoms with E-state index in [1.165, 1.54) is 6.07 Å². The van der Waals surface area contributed by atoms with E-state index in [-0.39, 0.29) is 17.4 Å². The van der Waals surface area contributed by atoms with E-state index in [0.717, 1.165) is 5.56 Å². The minimum Gasteiger partial charge on any atom is -0.504 e. The number of methoxy groups -OCH3 is 2. The molecule has 0 saturated heterocycles. The predicted octanol–water partition coefficient (Wildman–Crippen LogP) is 2.03. The second-order valence-corrected chi connectivity index (χ2v) is 5.45. The molecule has 3 rings (SSSR count). The first-order valence-corrected chi connectivity index (χ1v) is 7.78. The third-order valence-corrected chi connectivity index (χ3v) is 3.84. The minimum atomic E-state index is -0.288. The number of carbonyl (C=O) groups excluding carboxylic acids is 1. The van der Waals surface area contributed by atoms with Gasteiger partial charge in [0.1, 0.15) is 5.69 Å². The van der Waals surface area contributed by atoms with E-state index in [0.29, 0.717) is 30.1 Å². The Morgan fingerprint density at radius 3 is 2.76 bits per heavy atom. The Morgan fingerprint density at radius 1 is 1.24 bits per heavy atom. The summed E-state index contributed by atoms with van der Waals surface area (Å²) in [6.45, 7) is 0.453. The van der Waals surface area contributed by atoms with Crippen molar-refractivity contribution < 1.29 is 19.4 Å². The number of fused-ring (bicyclic) bond motifs is 1. The summed E-state index contributed by atoms with van der Waals surface area (Å²) in [6.07, 6.45) is 3.95. The quantitative estimate of drug-likeness (QED) is 0.717. The molecule has 1 amide bonds. The number of nitrogens with zero attached hydrogens (tertiary/aromatic N) is 2. The highest BCUT2D eigenvalue weighted by molar-refractivity contribution is 5.93. The Labute approximate surface area is 144 Å². The summed E-state index contributed by atoms with van der Waals surface area (Å²) in [4.78, 5) is 16.4. The van der Waals surface area contributed by atoms with E-state index >= 15 is 0 Å². The van der Waals surface area contributed by atoms with Crippen LogP contribution in [-0.4, -0.2) is 41.2 Å². The molecule has 2 heterocycles. The summed E-state index contributed by atoms with van der Waals surface area (Å²) in [5.41, 5.74) is 1.63. The molecule has 0 atom stereocenters. The minimum absolute atomic E-state index is 0.0341. The lowest BCUT2D eigenvalue weighted by atomic mass is 10.1. The smallest absolute Gasteiger partial charge is 0.271 e. The Kier molecular flexibility index (Phi) is 4.74. The fraction of sp³-hybridized carbons (Fsp3) is 0.222. The molecule has 0 fully saturated rings. The summed E-state index contributed by atoms with van der Waals surface area (Å²) >= 11 is 0. The second-order valence-electron chi connectivity index (χ2n) is 5.45. The van der Waals surface area contributed by atoms with Gasteiger partial charge in [0.2, 0.25) is 0 Å². The van der Waals surface area contributed by atoms with Gasteiger partial charge in [0, 0.05) is 18.9 Å². The van der Waals surface area contributed by atoms with Crippen LogP contribution in [0, 0.1) is 0 Å². The molecular formula is C18H19N3O4. The molecule has 0 saturated carbocycles. The van der Waals surface area contributed by atoms with Crippen LogP contribution in [0.2, 0.25) is 0 Å². The lowest BCUT2D eigenvalue weighted by molar-refractivity contribution is 0.0950. The van der Waals surface area contributed by atoms with E-state index in [1.807, 2.05) is 18.2 Å². The maximum atomic E-state index is 12.2. The molecule has 7 nitrogen and oxygen atoms in total. The molecule has 0 unspecified atom stereocenters. The molecule has 130 valence electrons. The Balaban J connectivity index is 1.63. The predicted molar refractivity (Wildman–Crippen MR) is 92.4 cm³/mol. The molecular weight excluding hydrogens is 322 g/mol. The van der Waals surface area contributed by atoms with Crippen LogP contribution < -0.4 is 14.8 Å². The topological polar surface area (TPSA) is 85.1 Å². The fourth-order valence-electron chi connectivity index (χ4n) is 2.55. The summed E-state index contributed by atoms with van der Waals surface area (Å²) in [7, 11) is 3.17. The number of aromatic hydroxyl groups is 1. The Morgan fingerprint density at radius 2 is 2.04 bits per heavy atom. The second kappa shape index (κ2) is 7.12. The normalized spacial score (nSPS) is 10.6. The van der Waals surface area contributed by atoms with E-state index in [9.17, 15) is 9.90 Å². The van der Waals surface area contributed by atoms with Gasteiger partial charge in [-0.15, -0.1) is 0 Å². The van der Waals surface area contributed by atoms with Crippen molar-refractivity contribution in [2.24, 2.45) is 0 Å². The van der Waals surface area contributed by atoms with Gasteiger partial charge in [-0.05, 0) is 36.2 Å². The number of carbonyl (C=O) groups is 1. The van der Waals surface area contributed by atoms with Gasteiger partial charge < -0.3 is 24.3 Å². The molecule has 2 N–H and O–H groups in total. The number of hydrogen-bond acceptors (Lipinski definition) is 5. The van der Waals surface area contributed by atoms with Gasteiger partial charge in [-0.3, -0.25) is 4.79 Å². The van der Waals surface area contributed by atoms with Crippen LogP contribution in [0.25, 0.3) is 5.65 Å². The van der Waals surface area contributed by atoms with Gasteiger partial charge in [0.25, 0.3) is 5.91 Å². The molecule has 1 aromatic carbocycles. The highest BCUT2D eigenvalue weighted by atomic mass is 16.5. The van der Waals surface area contributed by atoms with E-state index in [4.69, 9.17) is 9.47 Å². The van der Waals surface area contributed by atoms with Crippen LogP contribution in [0.4, 0.5) is 0 Å². The number of hydrogen-bond donors (Lipinski definition) is 2. The van der Waals surface area contributed by atoms with Crippen molar-refractivity contribution in [3.63, 3.8) is 0 Å². The molecule has 25 heavy (non-hydrogen) atoms. The molecule has 3 aromatic rings. The lowest BCUT2D eigenvalue weighted by Crippen LogP contribution is -2.26. The first-order valence-electron chi connectivity index (χ1n) is 7.78. The van der Waals surface area contributed by atoms with Gasteiger partial charge in [0.15, 0.2) is 22.9 Å². The summed E-state index contributed by atoms with van der Waals surface area (Å²) < 4.78 is 12.1. The number of aromatic nitrogens is 2. The highest BCUT2D eigenvalue weighted by Crippen LogP contribution is 2.27. The van der Waals surface area contributed by atoms with Crippen molar-refractivity contribution in [1.29, 1.82) is 0 Å². The maximum absolute atomic E-state index is 12.2. The summed E-state index contributed by atoms with van der Waals surface area (Å²) in [5, 5.41) is 12.6. The number of imidazole rings is 1. The maximum Gasteiger partial charge on any atom is 0.271 e. The largest absolute Gasteiger partial charge is 0.504 e. The van der Waals surface area contributed by atoms with Crippen molar-refractivity contribution in [1.82, 2.24) is 14.7 Å². The zero-order chi connectivity index (χ0) is 17.8. The Bertz CT molecular complexity index is 904. The zero-order valence-corrected chi connectivity index (χ0v) is 14.0. The number of benzene rings is 1. The molecule has 7 heteroatoms. The van der Waals surface area contributed by atoms with Gasteiger partial charge in [-0.2, -0.15) is 0 Å². The monoisotopic (exact) mass is 341 g/mol. The van der Waals surface area contributed by atoms with Crippen molar-refractivity contribution >= 4 is 11.6 Å². The average molecular weight is 341 g/mol. The molecule has 0 radical (unpaired) electrons. The van der Waals surface area contributed by atoms with Crippen molar-refractivity contribution in [3.05, 3.63) is 54.0 Å². The van der Waals surface area contributed by atoms with Gasteiger partial charge >= 0.3 is 0 Å². The average Bonchev–Trinajstić information content (AvgIpc) is 3.07. The van der Waals surface area contributed by atoms with E-state index in [2.05, 4.69) is 10.3 Å². The number of pyridine rings is 1. The summed E-state index contributed by atoms with van der Waals surface area (Å²) in [6, 6.07) is 8.86. The number of rotatable bonds is 6. The summed E-state index contributed by atoms with van der Waals surface area (Å²) in [5.74, 6) is 1.07. The third-order valence-electron chi connectivity index (χ3n) is 3.84. The van der Waals surface area contributed by atoms with Gasteiger partial charge in [-0.25, -0.2) is 4.98 Å². The van der Waals surface area contributed by atoms with Crippen LogP contribution in [0.3, 0.4) is 0 Å². The van der Waals surface area contributed by atoms with Crippen LogP contribution in [0.5, 0.6) is 17.2 Å². The fourth-order valence-corrected chi connectivity index (χ4v) is 2.55. The molecule has 0 bridgehead atoms. The van der Waals surface area contributed by atoms with Gasteiger partial charge in [0.05, 0.1) is 14.2 Å². The standard InChI is InChI=1S/C18H19N3O4/c1-24-15-6-5-12(10-16(15)25-2)7-8-19-18(23)13-11-21-9-3-4-14(22)17(21)20-13/h3-6,9-11,22H,7-8H2,1-2H3,(H,19,23). The molecule has 2 aromatic heterocycles. The van der Waals surface area contributed by atoms with Crippen LogP contribution in [0.1, 0.15) is 16.1 Å². The highest BCUT2D eigenvalue weighted by Gasteiger charge is 2.12. The van der Waals surface area contributed by atoms with Crippen LogP contribution in [-0.2, 0) is 6.42 Å². The molecule has 0 aliphatic rings. The SMILES string of the molecule is COc1ccc(CCNC(=O)c2cn3cccc(O)c3n2)cc1OC. The molecule has 0 aliphatic carbocycles.